The summed E-state index contributed by atoms with van der Waals surface area (Å²) >= 11 is 1.73. The van der Waals surface area contributed by atoms with Gasteiger partial charge in [-0.3, -0.25) is 9.69 Å². The molecule has 3 heterocycles. The van der Waals surface area contributed by atoms with Gasteiger partial charge in [-0.15, -0.1) is 0 Å². The first-order valence-electron chi connectivity index (χ1n) is 7.99. The van der Waals surface area contributed by atoms with E-state index >= 15 is 0 Å². The van der Waals surface area contributed by atoms with Crippen LogP contribution in [-0.2, 0) is 16.2 Å². The summed E-state index contributed by atoms with van der Waals surface area (Å²) in [4.78, 5) is 20.2. The van der Waals surface area contributed by atoms with Gasteiger partial charge in [0.15, 0.2) is 5.60 Å². The Bertz CT molecular complexity index is 582. The van der Waals surface area contributed by atoms with E-state index in [2.05, 4.69) is 32.2 Å². The zero-order chi connectivity index (χ0) is 15.0. The second-order valence-corrected chi connectivity index (χ2v) is 7.51. The molecule has 0 radical (unpaired) electrons. The van der Waals surface area contributed by atoms with Gasteiger partial charge in [-0.1, -0.05) is 5.16 Å². The van der Waals surface area contributed by atoms with Gasteiger partial charge in [-0.25, -0.2) is 0 Å². The SMILES string of the molecule is O=C(NCC1CC1)C1=NOC2(CCN(Cc3ccsc3)C2)C1. The van der Waals surface area contributed by atoms with Crippen LogP contribution < -0.4 is 5.32 Å². The molecule has 5 nitrogen and oxygen atoms in total. The molecular weight excluding hydrogens is 298 g/mol. The number of likely N-dealkylation sites (tertiary alicyclic amines) is 1. The molecule has 1 N–H and O–H groups in total. The smallest absolute Gasteiger partial charge is 0.269 e. The Morgan fingerprint density at radius 2 is 2.45 bits per heavy atom. The maximum Gasteiger partial charge on any atom is 0.269 e. The van der Waals surface area contributed by atoms with E-state index in [1.54, 1.807) is 11.3 Å². The van der Waals surface area contributed by atoms with Gasteiger partial charge in [0.05, 0.1) is 0 Å². The molecule has 1 saturated carbocycles. The van der Waals surface area contributed by atoms with Crippen molar-refractivity contribution in [2.45, 2.75) is 37.8 Å². The number of oxime groups is 1. The summed E-state index contributed by atoms with van der Waals surface area (Å²) < 4.78 is 0. The van der Waals surface area contributed by atoms with Crippen LogP contribution in [-0.4, -0.2) is 41.8 Å². The summed E-state index contributed by atoms with van der Waals surface area (Å²) in [7, 11) is 0. The van der Waals surface area contributed by atoms with Crippen LogP contribution in [0.25, 0.3) is 0 Å². The third-order valence-electron chi connectivity index (χ3n) is 4.73. The molecule has 2 aliphatic heterocycles. The lowest BCUT2D eigenvalue weighted by molar-refractivity contribution is -0.115. The van der Waals surface area contributed by atoms with Gasteiger partial charge in [-0.05, 0) is 41.1 Å². The lowest BCUT2D eigenvalue weighted by Gasteiger charge is -2.21. The molecule has 1 atom stereocenters. The van der Waals surface area contributed by atoms with Gasteiger partial charge in [0.2, 0.25) is 0 Å². The summed E-state index contributed by atoms with van der Waals surface area (Å²) in [5.41, 5.74) is 1.64. The average Bonchev–Trinajstić information content (AvgIpc) is 2.92. The zero-order valence-electron chi connectivity index (χ0n) is 12.6. The standard InChI is InChI=1S/C16H21N3O2S/c20-15(17-8-12-1-2-12)14-7-16(21-18-14)4-5-19(11-16)9-13-3-6-22-10-13/h3,6,10,12H,1-2,4-5,7-9,11H2,(H,17,20). The Hall–Kier alpha value is -1.40. The van der Waals surface area contributed by atoms with Crippen LogP contribution in [0.2, 0.25) is 0 Å². The quantitative estimate of drug-likeness (QED) is 0.903. The predicted molar refractivity (Wildman–Crippen MR) is 85.8 cm³/mol. The number of amides is 1. The normalized spacial score (nSPS) is 27.9. The number of hydrogen-bond donors (Lipinski definition) is 1. The number of carbonyl (C=O) groups is 1. The van der Waals surface area contributed by atoms with Crippen LogP contribution in [0.1, 0.15) is 31.2 Å². The number of rotatable bonds is 5. The fraction of sp³-hybridized carbons (Fsp3) is 0.625. The number of carbonyl (C=O) groups excluding carboxylic acids is 1. The summed E-state index contributed by atoms with van der Waals surface area (Å²) in [5.74, 6) is 0.647. The third kappa shape index (κ3) is 3.03. The van der Waals surface area contributed by atoms with E-state index < -0.39 is 0 Å². The summed E-state index contributed by atoms with van der Waals surface area (Å²) in [6.45, 7) is 3.60. The number of nitrogens with zero attached hydrogens (tertiary/aromatic N) is 2. The monoisotopic (exact) mass is 319 g/mol. The Kier molecular flexibility index (Phi) is 3.66. The molecule has 1 amide bonds. The fourth-order valence-corrected chi connectivity index (χ4v) is 3.89. The first-order valence-corrected chi connectivity index (χ1v) is 8.93. The highest BCUT2D eigenvalue weighted by atomic mass is 32.1. The Morgan fingerprint density at radius 3 is 3.23 bits per heavy atom. The van der Waals surface area contributed by atoms with Crippen molar-refractivity contribution in [1.29, 1.82) is 0 Å². The van der Waals surface area contributed by atoms with E-state index in [1.807, 2.05) is 0 Å². The van der Waals surface area contributed by atoms with Crippen molar-refractivity contribution in [2.24, 2.45) is 11.1 Å². The molecule has 3 aliphatic rings. The van der Waals surface area contributed by atoms with E-state index in [-0.39, 0.29) is 11.5 Å². The molecule has 1 saturated heterocycles. The van der Waals surface area contributed by atoms with Crippen molar-refractivity contribution in [2.75, 3.05) is 19.6 Å². The molecule has 1 unspecified atom stereocenters. The van der Waals surface area contributed by atoms with Crippen LogP contribution in [0.3, 0.4) is 0 Å². The second-order valence-electron chi connectivity index (χ2n) is 6.73. The van der Waals surface area contributed by atoms with E-state index in [0.717, 1.165) is 32.6 Å². The van der Waals surface area contributed by atoms with E-state index in [9.17, 15) is 4.79 Å². The van der Waals surface area contributed by atoms with Gasteiger partial charge < -0.3 is 10.2 Å². The largest absolute Gasteiger partial charge is 0.387 e. The van der Waals surface area contributed by atoms with Gasteiger partial charge in [0, 0.05) is 39.0 Å². The maximum atomic E-state index is 12.1. The maximum absolute atomic E-state index is 12.1. The molecular formula is C16H21N3O2S. The van der Waals surface area contributed by atoms with Crippen LogP contribution in [0.15, 0.2) is 22.0 Å². The van der Waals surface area contributed by atoms with Gasteiger partial charge in [0.25, 0.3) is 5.91 Å². The number of hydrogen-bond acceptors (Lipinski definition) is 5. The van der Waals surface area contributed by atoms with Crippen molar-refractivity contribution >= 4 is 23.0 Å². The van der Waals surface area contributed by atoms with Crippen LogP contribution >= 0.6 is 11.3 Å². The number of nitrogens with one attached hydrogen (secondary N) is 1. The lowest BCUT2D eigenvalue weighted by atomic mass is 9.96. The van der Waals surface area contributed by atoms with Gasteiger partial charge >= 0.3 is 0 Å². The molecule has 1 aromatic rings. The average molecular weight is 319 g/mol. The van der Waals surface area contributed by atoms with E-state index in [0.29, 0.717) is 18.1 Å². The Balaban J connectivity index is 1.30. The van der Waals surface area contributed by atoms with Crippen molar-refractivity contribution in [3.05, 3.63) is 22.4 Å². The van der Waals surface area contributed by atoms with E-state index in [4.69, 9.17) is 4.84 Å². The van der Waals surface area contributed by atoms with Crippen molar-refractivity contribution in [3.8, 4) is 0 Å². The first kappa shape index (κ1) is 14.2. The summed E-state index contributed by atoms with van der Waals surface area (Å²) in [5, 5.41) is 11.4. The van der Waals surface area contributed by atoms with Crippen LogP contribution in [0.4, 0.5) is 0 Å². The van der Waals surface area contributed by atoms with Crippen molar-refractivity contribution in [1.82, 2.24) is 10.2 Å². The lowest BCUT2D eigenvalue weighted by Crippen LogP contribution is -2.37. The molecule has 6 heteroatoms. The van der Waals surface area contributed by atoms with Crippen molar-refractivity contribution in [3.63, 3.8) is 0 Å². The molecule has 0 aromatic carbocycles. The highest BCUT2D eigenvalue weighted by Crippen LogP contribution is 2.34. The van der Waals surface area contributed by atoms with Gasteiger partial charge in [-0.2, -0.15) is 11.3 Å². The molecule has 1 aliphatic carbocycles. The molecule has 2 fully saturated rings. The minimum Gasteiger partial charge on any atom is -0.387 e. The van der Waals surface area contributed by atoms with Crippen LogP contribution in [0.5, 0.6) is 0 Å². The second kappa shape index (κ2) is 5.66. The highest BCUT2D eigenvalue weighted by molar-refractivity contribution is 7.07. The molecule has 118 valence electrons. The molecule has 22 heavy (non-hydrogen) atoms. The minimum atomic E-state index is -0.276. The number of thiophene rings is 1. The zero-order valence-corrected chi connectivity index (χ0v) is 13.4. The molecule has 0 bridgehead atoms. The molecule has 1 aromatic heterocycles. The highest BCUT2D eigenvalue weighted by Gasteiger charge is 2.46. The fourth-order valence-electron chi connectivity index (χ4n) is 3.23. The molecule has 4 rings (SSSR count). The predicted octanol–water partition coefficient (Wildman–Crippen LogP) is 2.00. The minimum absolute atomic E-state index is 0.0416. The molecule has 1 spiro atoms. The van der Waals surface area contributed by atoms with Crippen LogP contribution in [0, 0.1) is 5.92 Å². The summed E-state index contributed by atoms with van der Waals surface area (Å²) in [6.07, 6.45) is 4.07. The summed E-state index contributed by atoms with van der Waals surface area (Å²) in [6, 6.07) is 2.17. The van der Waals surface area contributed by atoms with E-state index in [1.165, 1.54) is 18.4 Å². The first-order chi connectivity index (χ1) is 10.7. The Morgan fingerprint density at radius 1 is 1.55 bits per heavy atom. The van der Waals surface area contributed by atoms with Gasteiger partial charge in [0.1, 0.15) is 5.71 Å². The van der Waals surface area contributed by atoms with Crippen molar-refractivity contribution < 1.29 is 9.63 Å². The Labute approximate surface area is 134 Å². The third-order valence-corrected chi connectivity index (χ3v) is 5.46. The topological polar surface area (TPSA) is 53.9 Å².